The molecule has 0 amide bonds. The van der Waals surface area contributed by atoms with Crippen molar-refractivity contribution in [3.63, 3.8) is 0 Å². The molecule has 0 aliphatic heterocycles. The van der Waals surface area contributed by atoms with Gasteiger partial charge in [0.2, 0.25) is 0 Å². The quantitative estimate of drug-likeness (QED) is 0.614. The van der Waals surface area contributed by atoms with Crippen LogP contribution < -0.4 is 5.32 Å². The lowest BCUT2D eigenvalue weighted by Crippen LogP contribution is -2.33. The minimum Gasteiger partial charge on any atom is -0.380 e. The Bertz CT molecular complexity index is 127. The molecular formula is C10H21NO. The number of ether oxygens (including phenoxy) is 1. The van der Waals surface area contributed by atoms with Crippen LogP contribution >= 0.6 is 0 Å². The molecule has 0 bridgehead atoms. The number of nitrogens with one attached hydrogen (secondary N) is 1. The first-order valence-corrected chi connectivity index (χ1v) is 5.04. The van der Waals surface area contributed by atoms with E-state index in [1.165, 1.54) is 6.42 Å². The van der Waals surface area contributed by atoms with E-state index in [0.717, 1.165) is 31.5 Å². The number of likely N-dealkylation sites (N-methyl/N-ethyl adjacent to an activating group) is 1. The summed E-state index contributed by atoms with van der Waals surface area (Å²) in [5, 5.41) is 3.33. The molecule has 1 rings (SSSR count). The summed E-state index contributed by atoms with van der Waals surface area (Å²) < 4.78 is 5.52. The highest BCUT2D eigenvalue weighted by molar-refractivity contribution is 4.91. The lowest BCUT2D eigenvalue weighted by Gasteiger charge is -2.15. The molecule has 1 aliphatic carbocycles. The van der Waals surface area contributed by atoms with Crippen LogP contribution in [0.1, 0.15) is 26.7 Å². The molecule has 2 nitrogen and oxygen atoms in total. The van der Waals surface area contributed by atoms with Crippen LogP contribution in [-0.4, -0.2) is 26.3 Å². The fourth-order valence-electron chi connectivity index (χ4n) is 1.69. The van der Waals surface area contributed by atoms with Gasteiger partial charge in [-0.1, -0.05) is 13.8 Å². The fourth-order valence-corrected chi connectivity index (χ4v) is 1.69. The maximum Gasteiger partial charge on any atom is 0.0622 e. The van der Waals surface area contributed by atoms with E-state index in [-0.39, 0.29) is 0 Å². The van der Waals surface area contributed by atoms with Crippen molar-refractivity contribution in [3.05, 3.63) is 0 Å². The third-order valence-electron chi connectivity index (χ3n) is 2.71. The Hall–Kier alpha value is -0.0800. The summed E-state index contributed by atoms with van der Waals surface area (Å²) in [7, 11) is 2.03. The molecule has 0 saturated heterocycles. The summed E-state index contributed by atoms with van der Waals surface area (Å²) in [6.07, 6.45) is 2.50. The van der Waals surface area contributed by atoms with Gasteiger partial charge in [-0.3, -0.25) is 0 Å². The molecule has 1 fully saturated rings. The van der Waals surface area contributed by atoms with Gasteiger partial charge in [0.05, 0.1) is 6.61 Å². The minimum absolute atomic E-state index is 0.589. The van der Waals surface area contributed by atoms with Gasteiger partial charge in [0.25, 0.3) is 0 Å². The second-order valence-corrected chi connectivity index (χ2v) is 3.85. The van der Waals surface area contributed by atoms with Crippen molar-refractivity contribution in [1.29, 1.82) is 0 Å². The van der Waals surface area contributed by atoms with Crippen molar-refractivity contribution < 1.29 is 4.74 Å². The average Bonchev–Trinajstić information content (AvgIpc) is 2.77. The second-order valence-electron chi connectivity index (χ2n) is 3.85. The van der Waals surface area contributed by atoms with Crippen molar-refractivity contribution in [2.45, 2.75) is 32.7 Å². The SMILES string of the molecule is CCCOCC(NC)C1CC1C. The van der Waals surface area contributed by atoms with E-state index in [4.69, 9.17) is 4.74 Å². The maximum absolute atomic E-state index is 5.52. The summed E-state index contributed by atoms with van der Waals surface area (Å²) >= 11 is 0. The van der Waals surface area contributed by atoms with Gasteiger partial charge in [-0.25, -0.2) is 0 Å². The van der Waals surface area contributed by atoms with E-state index >= 15 is 0 Å². The summed E-state index contributed by atoms with van der Waals surface area (Å²) in [4.78, 5) is 0. The zero-order valence-electron chi connectivity index (χ0n) is 8.47. The minimum atomic E-state index is 0.589. The standard InChI is InChI=1S/C10H21NO/c1-4-5-12-7-10(11-3)9-6-8(9)2/h8-11H,4-7H2,1-3H3. The van der Waals surface area contributed by atoms with E-state index in [1.54, 1.807) is 0 Å². The van der Waals surface area contributed by atoms with Gasteiger partial charge in [0.1, 0.15) is 0 Å². The second kappa shape index (κ2) is 4.83. The Labute approximate surface area is 75.7 Å². The van der Waals surface area contributed by atoms with Crippen molar-refractivity contribution in [2.75, 3.05) is 20.3 Å². The van der Waals surface area contributed by atoms with Crippen molar-refractivity contribution in [2.24, 2.45) is 11.8 Å². The summed E-state index contributed by atoms with van der Waals surface area (Å²) in [6.45, 7) is 6.25. The lowest BCUT2D eigenvalue weighted by molar-refractivity contribution is 0.107. The van der Waals surface area contributed by atoms with E-state index < -0.39 is 0 Å². The third kappa shape index (κ3) is 2.76. The molecule has 1 saturated carbocycles. The molecule has 3 atom stereocenters. The van der Waals surface area contributed by atoms with Crippen LogP contribution in [0.2, 0.25) is 0 Å². The highest BCUT2D eigenvalue weighted by Gasteiger charge is 2.38. The Morgan fingerprint density at radius 1 is 1.58 bits per heavy atom. The Kier molecular flexibility index (Phi) is 4.02. The Balaban J connectivity index is 2.09. The molecule has 1 N–H and O–H groups in total. The Morgan fingerprint density at radius 3 is 2.67 bits per heavy atom. The van der Waals surface area contributed by atoms with Crippen molar-refractivity contribution in [3.8, 4) is 0 Å². The van der Waals surface area contributed by atoms with Crippen LogP contribution in [0.3, 0.4) is 0 Å². The van der Waals surface area contributed by atoms with Crippen LogP contribution in [0.4, 0.5) is 0 Å². The molecule has 2 heteroatoms. The molecule has 0 spiro atoms. The van der Waals surface area contributed by atoms with Crippen LogP contribution in [0.5, 0.6) is 0 Å². The normalized spacial score (nSPS) is 30.2. The highest BCUT2D eigenvalue weighted by Crippen LogP contribution is 2.40. The first-order valence-electron chi connectivity index (χ1n) is 5.04. The summed E-state index contributed by atoms with van der Waals surface area (Å²) in [5.41, 5.74) is 0. The molecule has 0 radical (unpaired) electrons. The maximum atomic E-state index is 5.52. The molecule has 0 aromatic carbocycles. The fraction of sp³-hybridized carbons (Fsp3) is 1.00. The molecule has 0 aromatic heterocycles. The van der Waals surface area contributed by atoms with E-state index in [0.29, 0.717) is 6.04 Å². The van der Waals surface area contributed by atoms with E-state index in [1.807, 2.05) is 7.05 Å². The number of hydrogen-bond acceptors (Lipinski definition) is 2. The van der Waals surface area contributed by atoms with E-state index in [2.05, 4.69) is 19.2 Å². The molecule has 3 unspecified atom stereocenters. The van der Waals surface area contributed by atoms with Gasteiger partial charge in [-0.15, -0.1) is 0 Å². The number of rotatable bonds is 6. The molecular weight excluding hydrogens is 150 g/mol. The molecule has 12 heavy (non-hydrogen) atoms. The van der Waals surface area contributed by atoms with Crippen LogP contribution in [-0.2, 0) is 4.74 Å². The third-order valence-corrected chi connectivity index (χ3v) is 2.71. The van der Waals surface area contributed by atoms with Crippen molar-refractivity contribution >= 4 is 0 Å². The topological polar surface area (TPSA) is 21.3 Å². The average molecular weight is 171 g/mol. The smallest absolute Gasteiger partial charge is 0.0622 e. The van der Waals surface area contributed by atoms with Gasteiger partial charge in [0.15, 0.2) is 0 Å². The van der Waals surface area contributed by atoms with Gasteiger partial charge in [-0.2, -0.15) is 0 Å². The van der Waals surface area contributed by atoms with Crippen LogP contribution in [0.15, 0.2) is 0 Å². The van der Waals surface area contributed by atoms with E-state index in [9.17, 15) is 0 Å². The molecule has 1 aliphatic rings. The van der Waals surface area contributed by atoms with Gasteiger partial charge < -0.3 is 10.1 Å². The van der Waals surface area contributed by atoms with Crippen molar-refractivity contribution in [1.82, 2.24) is 5.32 Å². The van der Waals surface area contributed by atoms with Gasteiger partial charge in [-0.05, 0) is 31.7 Å². The summed E-state index contributed by atoms with van der Waals surface area (Å²) in [6, 6.07) is 0.589. The van der Waals surface area contributed by atoms with Gasteiger partial charge in [0, 0.05) is 12.6 Å². The zero-order valence-corrected chi connectivity index (χ0v) is 8.47. The summed E-state index contributed by atoms with van der Waals surface area (Å²) in [5.74, 6) is 1.78. The first kappa shape index (κ1) is 10.0. The predicted molar refractivity (Wildman–Crippen MR) is 51.2 cm³/mol. The monoisotopic (exact) mass is 171 g/mol. The van der Waals surface area contributed by atoms with Crippen LogP contribution in [0.25, 0.3) is 0 Å². The molecule has 0 heterocycles. The molecule has 0 aromatic rings. The highest BCUT2D eigenvalue weighted by atomic mass is 16.5. The Morgan fingerprint density at radius 2 is 2.25 bits per heavy atom. The predicted octanol–water partition coefficient (Wildman–Crippen LogP) is 1.66. The largest absolute Gasteiger partial charge is 0.380 e. The number of hydrogen-bond donors (Lipinski definition) is 1. The van der Waals surface area contributed by atoms with Crippen LogP contribution in [0, 0.1) is 11.8 Å². The van der Waals surface area contributed by atoms with Gasteiger partial charge >= 0.3 is 0 Å². The first-order chi connectivity index (χ1) is 5.79. The zero-order chi connectivity index (χ0) is 8.97. The molecule has 72 valence electrons. The lowest BCUT2D eigenvalue weighted by atomic mass is 10.2.